The third kappa shape index (κ3) is 3.98. The molecule has 1 unspecified atom stereocenters. The molecule has 1 heterocycles. The van der Waals surface area contributed by atoms with E-state index in [1.54, 1.807) is 0 Å². The highest BCUT2D eigenvalue weighted by atomic mass is 32.1. The van der Waals surface area contributed by atoms with Crippen LogP contribution in [0.2, 0.25) is 0 Å². The number of halogens is 1. The van der Waals surface area contributed by atoms with Gasteiger partial charge in [0.05, 0.1) is 11.7 Å². The summed E-state index contributed by atoms with van der Waals surface area (Å²) in [7, 11) is 0. The van der Waals surface area contributed by atoms with E-state index < -0.39 is 0 Å². The number of benzene rings is 1. The summed E-state index contributed by atoms with van der Waals surface area (Å²) < 4.78 is 19.5. The molecule has 110 valence electrons. The van der Waals surface area contributed by atoms with Crippen molar-refractivity contribution in [2.45, 2.75) is 39.0 Å². The van der Waals surface area contributed by atoms with Gasteiger partial charge in [0.25, 0.3) is 0 Å². The van der Waals surface area contributed by atoms with E-state index in [9.17, 15) is 4.39 Å². The minimum atomic E-state index is -0.300. The van der Waals surface area contributed by atoms with Gasteiger partial charge in [-0.05, 0) is 44.5 Å². The number of morpholine rings is 1. The highest BCUT2D eigenvalue weighted by Gasteiger charge is 2.31. The van der Waals surface area contributed by atoms with Crippen molar-refractivity contribution in [3.05, 3.63) is 35.1 Å². The monoisotopic (exact) mass is 296 g/mol. The molecule has 1 fully saturated rings. The number of ether oxygens (including phenoxy) is 1. The number of hydrogen-bond acceptors (Lipinski definition) is 3. The van der Waals surface area contributed by atoms with Crippen LogP contribution < -0.4 is 5.73 Å². The Morgan fingerprint density at radius 1 is 1.50 bits per heavy atom. The molecule has 0 aliphatic carbocycles. The molecule has 0 aromatic heterocycles. The van der Waals surface area contributed by atoms with Crippen molar-refractivity contribution >= 4 is 17.2 Å². The van der Waals surface area contributed by atoms with E-state index >= 15 is 0 Å². The minimum absolute atomic E-state index is 0.169. The number of rotatable bonds is 3. The van der Waals surface area contributed by atoms with Crippen molar-refractivity contribution in [1.82, 2.24) is 4.90 Å². The molecule has 1 saturated heterocycles. The second kappa shape index (κ2) is 5.76. The lowest BCUT2D eigenvalue weighted by Crippen LogP contribution is -2.51. The Hall–Kier alpha value is -1.04. The predicted molar refractivity (Wildman–Crippen MR) is 82.2 cm³/mol. The summed E-state index contributed by atoms with van der Waals surface area (Å²) in [5.41, 5.74) is 6.86. The lowest BCUT2D eigenvalue weighted by Gasteiger charge is -2.41. The van der Waals surface area contributed by atoms with E-state index in [0.717, 1.165) is 18.7 Å². The van der Waals surface area contributed by atoms with Crippen LogP contribution in [-0.2, 0) is 11.3 Å². The van der Waals surface area contributed by atoms with Crippen LogP contribution in [0.15, 0.2) is 18.2 Å². The highest BCUT2D eigenvalue weighted by Crippen LogP contribution is 2.22. The van der Waals surface area contributed by atoms with Gasteiger partial charge in [-0.25, -0.2) is 4.39 Å². The maximum atomic E-state index is 13.6. The number of hydrogen-bond donors (Lipinski definition) is 1. The van der Waals surface area contributed by atoms with E-state index in [1.165, 1.54) is 12.1 Å². The van der Waals surface area contributed by atoms with Gasteiger partial charge in [0.1, 0.15) is 10.8 Å². The van der Waals surface area contributed by atoms with Crippen LogP contribution in [-0.4, -0.2) is 34.7 Å². The molecule has 1 aliphatic heterocycles. The van der Waals surface area contributed by atoms with Crippen LogP contribution in [0.5, 0.6) is 0 Å². The maximum absolute atomic E-state index is 13.6. The summed E-state index contributed by atoms with van der Waals surface area (Å²) in [5, 5.41) is 0. The number of thiocarbonyl (C=S) groups is 1. The summed E-state index contributed by atoms with van der Waals surface area (Å²) in [5.74, 6) is -0.300. The molecule has 1 atom stereocenters. The van der Waals surface area contributed by atoms with Crippen LogP contribution in [0.25, 0.3) is 0 Å². The molecule has 20 heavy (non-hydrogen) atoms. The molecule has 1 aliphatic rings. The normalized spacial score (nSPS) is 22.7. The van der Waals surface area contributed by atoms with Gasteiger partial charge < -0.3 is 10.5 Å². The third-order valence-electron chi connectivity index (χ3n) is 3.29. The fourth-order valence-corrected chi connectivity index (χ4v) is 2.97. The largest absolute Gasteiger partial charge is 0.389 e. The van der Waals surface area contributed by atoms with Crippen molar-refractivity contribution in [3.8, 4) is 0 Å². The molecule has 0 saturated carbocycles. The molecule has 0 radical (unpaired) electrons. The van der Waals surface area contributed by atoms with E-state index in [0.29, 0.717) is 12.1 Å². The van der Waals surface area contributed by atoms with Crippen LogP contribution in [0.1, 0.15) is 31.9 Å². The fourth-order valence-electron chi connectivity index (χ4n) is 2.85. The van der Waals surface area contributed by atoms with Gasteiger partial charge in [-0.3, -0.25) is 4.90 Å². The summed E-state index contributed by atoms with van der Waals surface area (Å²) in [4.78, 5) is 2.49. The SMILES string of the molecule is CC1CN(Cc2cc(F)cc(C(N)=S)c2)CC(C)(C)O1. The smallest absolute Gasteiger partial charge is 0.124 e. The Balaban J connectivity index is 2.15. The topological polar surface area (TPSA) is 38.5 Å². The molecular formula is C15H21FN2OS. The lowest BCUT2D eigenvalue weighted by atomic mass is 10.0. The van der Waals surface area contributed by atoms with Crippen molar-refractivity contribution in [3.63, 3.8) is 0 Å². The molecular weight excluding hydrogens is 275 g/mol. The van der Waals surface area contributed by atoms with Crippen molar-refractivity contribution in [2.75, 3.05) is 13.1 Å². The highest BCUT2D eigenvalue weighted by molar-refractivity contribution is 7.80. The first-order valence-electron chi connectivity index (χ1n) is 6.75. The Morgan fingerprint density at radius 3 is 2.80 bits per heavy atom. The summed E-state index contributed by atoms with van der Waals surface area (Å²) in [6, 6.07) is 4.77. The Labute approximate surface area is 124 Å². The van der Waals surface area contributed by atoms with Gasteiger partial charge >= 0.3 is 0 Å². The van der Waals surface area contributed by atoms with Crippen molar-refractivity contribution in [1.29, 1.82) is 0 Å². The zero-order valence-corrected chi connectivity index (χ0v) is 13.0. The Morgan fingerprint density at radius 2 is 2.20 bits per heavy atom. The van der Waals surface area contributed by atoms with E-state index in [-0.39, 0.29) is 22.5 Å². The molecule has 0 spiro atoms. The summed E-state index contributed by atoms with van der Waals surface area (Å²) in [6.45, 7) is 8.52. The van der Waals surface area contributed by atoms with Crippen molar-refractivity contribution in [2.24, 2.45) is 5.73 Å². The maximum Gasteiger partial charge on any atom is 0.124 e. The van der Waals surface area contributed by atoms with Crippen molar-refractivity contribution < 1.29 is 9.13 Å². The number of nitrogens with two attached hydrogens (primary N) is 1. The van der Waals surface area contributed by atoms with E-state index in [4.69, 9.17) is 22.7 Å². The average molecular weight is 296 g/mol. The third-order valence-corrected chi connectivity index (χ3v) is 3.52. The molecule has 2 rings (SSSR count). The molecule has 1 aromatic carbocycles. The standard InChI is InChI=1S/C15H21FN2OS/c1-10-7-18(9-15(2,3)19-10)8-11-4-12(14(17)20)6-13(16)5-11/h4-6,10H,7-9H2,1-3H3,(H2,17,20). The molecule has 1 aromatic rings. The first kappa shape index (κ1) is 15.4. The number of nitrogens with zero attached hydrogens (tertiary/aromatic N) is 1. The molecule has 0 bridgehead atoms. The van der Waals surface area contributed by atoms with Gasteiger partial charge in [-0.1, -0.05) is 12.2 Å². The van der Waals surface area contributed by atoms with Crippen LogP contribution in [0.4, 0.5) is 4.39 Å². The van der Waals surface area contributed by atoms with Gasteiger partial charge in [-0.15, -0.1) is 0 Å². The van der Waals surface area contributed by atoms with Crippen LogP contribution in [0, 0.1) is 5.82 Å². The van der Waals surface area contributed by atoms with Crippen LogP contribution in [0.3, 0.4) is 0 Å². The van der Waals surface area contributed by atoms with Gasteiger partial charge in [0.15, 0.2) is 0 Å². The van der Waals surface area contributed by atoms with Crippen LogP contribution >= 0.6 is 12.2 Å². The Kier molecular flexibility index (Phi) is 4.42. The van der Waals surface area contributed by atoms with Gasteiger partial charge in [0.2, 0.25) is 0 Å². The van der Waals surface area contributed by atoms with Gasteiger partial charge in [-0.2, -0.15) is 0 Å². The first-order valence-corrected chi connectivity index (χ1v) is 7.15. The second-order valence-corrected chi connectivity index (χ2v) is 6.51. The summed E-state index contributed by atoms with van der Waals surface area (Å²) in [6.07, 6.45) is 0.169. The zero-order chi connectivity index (χ0) is 14.9. The molecule has 0 amide bonds. The Bertz CT molecular complexity index is 519. The quantitative estimate of drug-likeness (QED) is 0.870. The lowest BCUT2D eigenvalue weighted by molar-refractivity contribution is -0.130. The second-order valence-electron chi connectivity index (χ2n) is 6.07. The fraction of sp³-hybridized carbons (Fsp3) is 0.533. The predicted octanol–water partition coefficient (Wildman–Crippen LogP) is 2.46. The van der Waals surface area contributed by atoms with E-state index in [2.05, 4.69) is 25.7 Å². The molecule has 2 N–H and O–H groups in total. The molecule has 5 heteroatoms. The first-order chi connectivity index (χ1) is 9.25. The minimum Gasteiger partial charge on any atom is -0.389 e. The molecule has 3 nitrogen and oxygen atoms in total. The average Bonchev–Trinajstić information content (AvgIpc) is 2.24. The zero-order valence-electron chi connectivity index (χ0n) is 12.1. The van der Waals surface area contributed by atoms with E-state index in [1.807, 2.05) is 6.07 Å². The van der Waals surface area contributed by atoms with Gasteiger partial charge in [0, 0.05) is 25.2 Å². The summed E-state index contributed by atoms with van der Waals surface area (Å²) >= 11 is 4.92.